The van der Waals surface area contributed by atoms with Gasteiger partial charge >= 0.3 is 0 Å². The monoisotopic (exact) mass is 256 g/mol. The third kappa shape index (κ3) is 2.43. The summed E-state index contributed by atoms with van der Waals surface area (Å²) in [6, 6.07) is 5.87. The standard InChI is InChI=1S/C10H6ClFN2OS/c11-8-9(15)13-5-14-10(8)16-7-3-1-6(12)2-4-7/h1-5H,(H,13,14,15). The highest BCUT2D eigenvalue weighted by atomic mass is 35.5. The summed E-state index contributed by atoms with van der Waals surface area (Å²) in [4.78, 5) is 18.2. The van der Waals surface area contributed by atoms with Crippen molar-refractivity contribution in [2.45, 2.75) is 9.92 Å². The van der Waals surface area contributed by atoms with Gasteiger partial charge in [0, 0.05) is 4.90 Å². The van der Waals surface area contributed by atoms with E-state index in [1.165, 1.54) is 30.2 Å². The number of nitrogens with zero attached hydrogens (tertiary/aromatic N) is 1. The van der Waals surface area contributed by atoms with Gasteiger partial charge in [0.2, 0.25) is 0 Å². The summed E-state index contributed by atoms with van der Waals surface area (Å²) < 4.78 is 12.7. The number of hydrogen-bond acceptors (Lipinski definition) is 3. The molecule has 1 aromatic heterocycles. The molecule has 0 spiro atoms. The average Bonchev–Trinajstić information content (AvgIpc) is 2.28. The van der Waals surface area contributed by atoms with Crippen LogP contribution in [0.25, 0.3) is 0 Å². The maximum atomic E-state index is 12.7. The van der Waals surface area contributed by atoms with Crippen molar-refractivity contribution in [3.63, 3.8) is 0 Å². The summed E-state index contributed by atoms with van der Waals surface area (Å²) in [5.41, 5.74) is -0.388. The van der Waals surface area contributed by atoms with Crippen LogP contribution in [0.15, 0.2) is 45.3 Å². The molecule has 1 aromatic carbocycles. The molecule has 82 valence electrons. The summed E-state index contributed by atoms with van der Waals surface area (Å²) in [5.74, 6) is -0.311. The molecule has 0 aliphatic heterocycles. The number of aromatic amines is 1. The maximum absolute atomic E-state index is 12.7. The van der Waals surface area contributed by atoms with Gasteiger partial charge in [0.1, 0.15) is 15.9 Å². The van der Waals surface area contributed by atoms with Crippen LogP contribution in [-0.4, -0.2) is 9.97 Å². The molecule has 6 heteroatoms. The fourth-order valence-electron chi connectivity index (χ4n) is 1.05. The van der Waals surface area contributed by atoms with Crippen molar-refractivity contribution in [3.8, 4) is 0 Å². The van der Waals surface area contributed by atoms with Crippen molar-refractivity contribution in [2.75, 3.05) is 0 Å². The van der Waals surface area contributed by atoms with Gasteiger partial charge in [-0.3, -0.25) is 4.79 Å². The van der Waals surface area contributed by atoms with E-state index < -0.39 is 0 Å². The van der Waals surface area contributed by atoms with Gasteiger partial charge in [-0.1, -0.05) is 23.4 Å². The van der Waals surface area contributed by atoms with E-state index in [0.29, 0.717) is 5.03 Å². The minimum absolute atomic E-state index is 0.0387. The van der Waals surface area contributed by atoms with Gasteiger partial charge in [-0.2, -0.15) is 0 Å². The molecule has 2 aromatic rings. The molecule has 0 atom stereocenters. The zero-order valence-corrected chi connectivity index (χ0v) is 9.48. The van der Waals surface area contributed by atoms with Gasteiger partial charge in [0.05, 0.1) is 6.33 Å². The van der Waals surface area contributed by atoms with Crippen molar-refractivity contribution >= 4 is 23.4 Å². The fraction of sp³-hybridized carbons (Fsp3) is 0. The highest BCUT2D eigenvalue weighted by Crippen LogP contribution is 2.29. The van der Waals surface area contributed by atoms with Gasteiger partial charge in [-0.15, -0.1) is 0 Å². The van der Waals surface area contributed by atoms with Gasteiger partial charge in [-0.25, -0.2) is 9.37 Å². The second kappa shape index (κ2) is 4.67. The number of aromatic nitrogens is 2. The second-order valence-corrected chi connectivity index (χ2v) is 4.35. The molecule has 0 saturated carbocycles. The minimum atomic E-state index is -0.388. The number of hydrogen-bond donors (Lipinski definition) is 1. The van der Waals surface area contributed by atoms with Crippen LogP contribution >= 0.6 is 23.4 Å². The number of H-pyrrole nitrogens is 1. The predicted molar refractivity (Wildman–Crippen MR) is 60.4 cm³/mol. The molecule has 0 unspecified atom stereocenters. The fourth-order valence-corrected chi connectivity index (χ4v) is 2.05. The van der Waals surface area contributed by atoms with E-state index in [1.807, 2.05) is 0 Å². The van der Waals surface area contributed by atoms with Crippen LogP contribution in [0.2, 0.25) is 5.02 Å². The second-order valence-electron chi connectivity index (χ2n) is 2.91. The highest BCUT2D eigenvalue weighted by Gasteiger charge is 2.07. The van der Waals surface area contributed by atoms with E-state index in [4.69, 9.17) is 11.6 Å². The number of halogens is 2. The van der Waals surface area contributed by atoms with Crippen molar-refractivity contribution < 1.29 is 4.39 Å². The van der Waals surface area contributed by atoms with Crippen molar-refractivity contribution in [2.24, 2.45) is 0 Å². The van der Waals surface area contributed by atoms with Crippen LogP contribution in [0.5, 0.6) is 0 Å². The summed E-state index contributed by atoms with van der Waals surface area (Å²) in [6.07, 6.45) is 1.28. The van der Waals surface area contributed by atoms with Crippen molar-refractivity contribution in [1.29, 1.82) is 0 Å². The van der Waals surface area contributed by atoms with E-state index >= 15 is 0 Å². The lowest BCUT2D eigenvalue weighted by Crippen LogP contribution is -2.07. The first-order chi connectivity index (χ1) is 7.66. The smallest absolute Gasteiger partial charge is 0.270 e. The molecule has 3 nitrogen and oxygen atoms in total. The Bertz CT molecular complexity index is 555. The number of rotatable bonds is 2. The van der Waals surface area contributed by atoms with E-state index in [-0.39, 0.29) is 16.4 Å². The first kappa shape index (κ1) is 11.2. The first-order valence-electron chi connectivity index (χ1n) is 4.33. The molecule has 1 heterocycles. The van der Waals surface area contributed by atoms with Crippen LogP contribution in [0.3, 0.4) is 0 Å². The van der Waals surface area contributed by atoms with E-state index in [0.717, 1.165) is 4.90 Å². The molecule has 0 fully saturated rings. The summed E-state index contributed by atoms with van der Waals surface area (Å²) in [6.45, 7) is 0. The molecule has 16 heavy (non-hydrogen) atoms. The lowest BCUT2D eigenvalue weighted by Gasteiger charge is -2.01. The van der Waals surface area contributed by atoms with E-state index in [2.05, 4.69) is 9.97 Å². The largest absolute Gasteiger partial charge is 0.312 e. The van der Waals surface area contributed by atoms with Crippen molar-refractivity contribution in [1.82, 2.24) is 9.97 Å². The molecule has 0 amide bonds. The van der Waals surface area contributed by atoms with Gasteiger partial charge in [-0.05, 0) is 24.3 Å². The van der Waals surface area contributed by atoms with Gasteiger partial charge in [0.15, 0.2) is 0 Å². The Labute approximate surface area is 99.7 Å². The minimum Gasteiger partial charge on any atom is -0.312 e. The highest BCUT2D eigenvalue weighted by molar-refractivity contribution is 7.99. The third-order valence-electron chi connectivity index (χ3n) is 1.79. The summed E-state index contributed by atoms with van der Waals surface area (Å²) in [5, 5.41) is 0.439. The van der Waals surface area contributed by atoms with E-state index in [9.17, 15) is 9.18 Å². The third-order valence-corrected chi connectivity index (χ3v) is 3.27. The molecular weight excluding hydrogens is 251 g/mol. The lowest BCUT2D eigenvalue weighted by atomic mass is 10.4. The molecule has 0 aliphatic carbocycles. The molecular formula is C10H6ClFN2OS. The first-order valence-corrected chi connectivity index (χ1v) is 5.53. The Hall–Kier alpha value is -1.33. The van der Waals surface area contributed by atoms with Crippen LogP contribution in [-0.2, 0) is 0 Å². The Morgan fingerprint density at radius 2 is 2.00 bits per heavy atom. The zero-order valence-electron chi connectivity index (χ0n) is 7.91. The molecule has 1 N–H and O–H groups in total. The van der Waals surface area contributed by atoms with Crippen LogP contribution in [0, 0.1) is 5.82 Å². The normalized spacial score (nSPS) is 10.4. The molecule has 0 saturated heterocycles. The van der Waals surface area contributed by atoms with Crippen molar-refractivity contribution in [3.05, 3.63) is 51.8 Å². The SMILES string of the molecule is O=c1[nH]cnc(Sc2ccc(F)cc2)c1Cl. The van der Waals surface area contributed by atoms with Gasteiger partial charge < -0.3 is 4.98 Å². The maximum Gasteiger partial charge on any atom is 0.270 e. The number of benzene rings is 1. The van der Waals surface area contributed by atoms with Crippen LogP contribution < -0.4 is 5.56 Å². The Morgan fingerprint density at radius 3 is 2.69 bits per heavy atom. The Morgan fingerprint density at radius 1 is 1.31 bits per heavy atom. The lowest BCUT2D eigenvalue weighted by molar-refractivity contribution is 0.626. The van der Waals surface area contributed by atoms with Gasteiger partial charge in [0.25, 0.3) is 5.56 Å². The molecule has 0 bridgehead atoms. The van der Waals surface area contributed by atoms with Crippen LogP contribution in [0.1, 0.15) is 0 Å². The predicted octanol–water partition coefficient (Wildman–Crippen LogP) is 2.71. The number of nitrogens with one attached hydrogen (secondary N) is 1. The summed E-state index contributed by atoms with van der Waals surface area (Å²) >= 11 is 6.98. The molecule has 0 aliphatic rings. The van der Waals surface area contributed by atoms with Crippen LogP contribution in [0.4, 0.5) is 4.39 Å². The Kier molecular flexibility index (Phi) is 3.26. The average molecular weight is 257 g/mol. The summed E-state index contributed by atoms with van der Waals surface area (Å²) in [7, 11) is 0. The topological polar surface area (TPSA) is 45.8 Å². The van der Waals surface area contributed by atoms with E-state index in [1.54, 1.807) is 12.1 Å². The molecule has 2 rings (SSSR count). The quantitative estimate of drug-likeness (QED) is 0.841. The molecule has 0 radical (unpaired) electrons. The zero-order chi connectivity index (χ0) is 11.5. The Balaban J connectivity index is 2.30.